The Hall–Kier alpha value is -2.31. The lowest BCUT2D eigenvalue weighted by Crippen LogP contribution is -2.14. The molecule has 0 saturated carbocycles. The van der Waals surface area contributed by atoms with E-state index in [4.69, 9.17) is 4.98 Å². The highest BCUT2D eigenvalue weighted by atomic mass is 32.2. The van der Waals surface area contributed by atoms with E-state index in [1.54, 1.807) is 36.3 Å². The van der Waals surface area contributed by atoms with Gasteiger partial charge in [0.05, 0.1) is 5.69 Å². The molecule has 0 unspecified atom stereocenters. The van der Waals surface area contributed by atoms with E-state index >= 15 is 0 Å². The zero-order valence-electron chi connectivity index (χ0n) is 14.2. The average molecular weight is 354 g/mol. The molecule has 6 heteroatoms. The molecule has 0 bridgehead atoms. The smallest absolute Gasteiger partial charge is 0.188 e. The summed E-state index contributed by atoms with van der Waals surface area (Å²) in [5, 5.41) is 0.736. The van der Waals surface area contributed by atoms with Crippen LogP contribution in [0.1, 0.15) is 0 Å². The first-order valence-corrected chi connectivity index (χ1v) is 8.93. The molecular formula is C19H19FN4S. The maximum atomic E-state index is 13.2. The van der Waals surface area contributed by atoms with Crippen LogP contribution < -0.4 is 0 Å². The molecule has 2 aromatic heterocycles. The van der Waals surface area contributed by atoms with Gasteiger partial charge in [0.25, 0.3) is 0 Å². The number of nitrogens with zero attached hydrogens (tertiary/aromatic N) is 4. The summed E-state index contributed by atoms with van der Waals surface area (Å²) in [6, 6.07) is 10.2. The molecule has 25 heavy (non-hydrogen) atoms. The first-order chi connectivity index (χ1) is 12.1. The number of thioether (sulfide) groups is 1. The highest BCUT2D eigenvalue weighted by Crippen LogP contribution is 2.31. The molecule has 0 atom stereocenters. The summed E-state index contributed by atoms with van der Waals surface area (Å²) < 4.78 is 13.2. The van der Waals surface area contributed by atoms with Gasteiger partial charge in [0.2, 0.25) is 0 Å². The fraction of sp³-hybridized carbons (Fsp3) is 0.211. The topological polar surface area (TPSA) is 41.9 Å². The van der Waals surface area contributed by atoms with Gasteiger partial charge in [0.15, 0.2) is 5.16 Å². The molecule has 0 amide bonds. The molecule has 0 radical (unpaired) electrons. The van der Waals surface area contributed by atoms with Gasteiger partial charge in [-0.15, -0.1) is 0 Å². The second kappa shape index (κ2) is 8.18. The van der Waals surface area contributed by atoms with Crippen LogP contribution >= 0.6 is 11.8 Å². The molecule has 0 fully saturated rings. The summed E-state index contributed by atoms with van der Waals surface area (Å²) in [7, 11) is 4.09. The minimum atomic E-state index is -0.258. The fourth-order valence-electron chi connectivity index (χ4n) is 2.33. The van der Waals surface area contributed by atoms with Crippen molar-refractivity contribution >= 4 is 11.8 Å². The lowest BCUT2D eigenvalue weighted by atomic mass is 10.0. The van der Waals surface area contributed by atoms with Gasteiger partial charge in [0.1, 0.15) is 5.82 Å². The molecule has 0 aliphatic heterocycles. The third kappa shape index (κ3) is 4.61. The summed E-state index contributed by atoms with van der Waals surface area (Å²) in [6.07, 6.45) is 5.30. The van der Waals surface area contributed by atoms with Crippen molar-refractivity contribution in [2.45, 2.75) is 5.16 Å². The summed E-state index contributed by atoms with van der Waals surface area (Å²) in [6.45, 7) is 0.957. The minimum absolute atomic E-state index is 0.258. The highest BCUT2D eigenvalue weighted by molar-refractivity contribution is 7.99. The average Bonchev–Trinajstić information content (AvgIpc) is 2.63. The van der Waals surface area contributed by atoms with Crippen LogP contribution in [0.4, 0.5) is 4.39 Å². The molecule has 0 saturated heterocycles. The Labute approximate surface area is 151 Å². The van der Waals surface area contributed by atoms with Crippen LogP contribution in [0.5, 0.6) is 0 Å². The Balaban J connectivity index is 1.98. The molecule has 0 aliphatic rings. The first-order valence-electron chi connectivity index (χ1n) is 7.94. The minimum Gasteiger partial charge on any atom is -0.309 e. The lowest BCUT2D eigenvalue weighted by molar-refractivity contribution is 0.437. The van der Waals surface area contributed by atoms with Gasteiger partial charge < -0.3 is 4.90 Å². The van der Waals surface area contributed by atoms with Gasteiger partial charge in [0, 0.05) is 42.0 Å². The quantitative estimate of drug-likeness (QED) is 0.494. The number of halogens is 1. The van der Waals surface area contributed by atoms with Gasteiger partial charge in [-0.3, -0.25) is 4.98 Å². The molecule has 3 aromatic rings. The van der Waals surface area contributed by atoms with E-state index in [-0.39, 0.29) is 5.82 Å². The Morgan fingerprint density at radius 2 is 1.72 bits per heavy atom. The van der Waals surface area contributed by atoms with E-state index in [9.17, 15) is 4.39 Å². The molecule has 0 spiro atoms. The fourth-order valence-corrected chi connectivity index (χ4v) is 3.25. The van der Waals surface area contributed by atoms with Crippen molar-refractivity contribution in [1.29, 1.82) is 0 Å². The number of hydrogen-bond acceptors (Lipinski definition) is 5. The van der Waals surface area contributed by atoms with E-state index in [2.05, 4.69) is 14.9 Å². The molecule has 4 nitrogen and oxygen atoms in total. The Morgan fingerprint density at radius 1 is 1.00 bits per heavy atom. The van der Waals surface area contributed by atoms with E-state index < -0.39 is 0 Å². The van der Waals surface area contributed by atoms with Gasteiger partial charge in [-0.25, -0.2) is 14.4 Å². The van der Waals surface area contributed by atoms with E-state index in [0.29, 0.717) is 0 Å². The predicted octanol–water partition coefficient (Wildman–Crippen LogP) is 4.00. The number of hydrogen-bond donors (Lipinski definition) is 0. The number of aromatic nitrogens is 3. The van der Waals surface area contributed by atoms with Crippen molar-refractivity contribution in [3.8, 4) is 22.4 Å². The maximum absolute atomic E-state index is 13.2. The number of benzene rings is 1. The Bertz CT molecular complexity index is 823. The SMILES string of the molecule is CN(C)CCSc1ncc(-c2ccc(F)cc2)c(-c2ccncc2)n1. The highest BCUT2D eigenvalue weighted by Gasteiger charge is 2.12. The largest absolute Gasteiger partial charge is 0.309 e. The van der Waals surface area contributed by atoms with Crippen LogP contribution in [0.2, 0.25) is 0 Å². The van der Waals surface area contributed by atoms with E-state index in [1.807, 2.05) is 32.4 Å². The number of rotatable bonds is 6. The van der Waals surface area contributed by atoms with Crippen LogP contribution in [0, 0.1) is 5.82 Å². The van der Waals surface area contributed by atoms with Crippen LogP contribution in [0.15, 0.2) is 60.1 Å². The van der Waals surface area contributed by atoms with Gasteiger partial charge in [-0.1, -0.05) is 23.9 Å². The van der Waals surface area contributed by atoms with Gasteiger partial charge >= 0.3 is 0 Å². The maximum Gasteiger partial charge on any atom is 0.188 e. The Kier molecular flexibility index (Phi) is 5.73. The van der Waals surface area contributed by atoms with E-state index in [1.165, 1.54) is 12.1 Å². The lowest BCUT2D eigenvalue weighted by Gasteiger charge is -2.12. The van der Waals surface area contributed by atoms with Crippen molar-refractivity contribution in [2.75, 3.05) is 26.4 Å². The van der Waals surface area contributed by atoms with Crippen LogP contribution in [0.25, 0.3) is 22.4 Å². The van der Waals surface area contributed by atoms with Crippen molar-refractivity contribution in [3.63, 3.8) is 0 Å². The summed E-state index contributed by atoms with van der Waals surface area (Å²) in [4.78, 5) is 15.4. The van der Waals surface area contributed by atoms with Crippen molar-refractivity contribution in [2.24, 2.45) is 0 Å². The van der Waals surface area contributed by atoms with Crippen LogP contribution in [0.3, 0.4) is 0 Å². The zero-order valence-corrected chi connectivity index (χ0v) is 15.0. The molecule has 128 valence electrons. The van der Waals surface area contributed by atoms with Crippen molar-refractivity contribution in [3.05, 3.63) is 60.8 Å². The van der Waals surface area contributed by atoms with Crippen molar-refractivity contribution < 1.29 is 4.39 Å². The standard InChI is InChI=1S/C19H19FN4S/c1-24(2)11-12-25-19-22-13-17(14-3-5-16(20)6-4-14)18(23-19)15-7-9-21-10-8-15/h3-10,13H,11-12H2,1-2H3. The van der Waals surface area contributed by atoms with Gasteiger partial charge in [-0.2, -0.15) is 0 Å². The second-order valence-electron chi connectivity index (χ2n) is 5.81. The van der Waals surface area contributed by atoms with Crippen LogP contribution in [-0.2, 0) is 0 Å². The normalized spacial score (nSPS) is 11.0. The monoisotopic (exact) mass is 354 g/mol. The summed E-state index contributed by atoms with van der Waals surface area (Å²) >= 11 is 1.62. The third-order valence-corrected chi connectivity index (χ3v) is 4.49. The molecule has 0 aliphatic carbocycles. The van der Waals surface area contributed by atoms with Crippen molar-refractivity contribution in [1.82, 2.24) is 19.9 Å². The number of pyridine rings is 1. The molecule has 2 heterocycles. The zero-order chi connectivity index (χ0) is 17.6. The molecule has 1 aromatic carbocycles. The Morgan fingerprint density at radius 3 is 2.40 bits per heavy atom. The first kappa shape index (κ1) is 17.5. The molecule has 0 N–H and O–H groups in total. The van der Waals surface area contributed by atoms with Gasteiger partial charge in [-0.05, 0) is 43.9 Å². The molecule has 3 rings (SSSR count). The summed E-state index contributed by atoms with van der Waals surface area (Å²) in [5.41, 5.74) is 3.56. The van der Waals surface area contributed by atoms with E-state index in [0.717, 1.165) is 39.8 Å². The third-order valence-electron chi connectivity index (χ3n) is 3.65. The van der Waals surface area contributed by atoms with Crippen LogP contribution in [-0.4, -0.2) is 46.2 Å². The predicted molar refractivity (Wildman–Crippen MR) is 99.9 cm³/mol. The summed E-state index contributed by atoms with van der Waals surface area (Å²) in [5.74, 6) is 0.657. The molecular weight excluding hydrogens is 335 g/mol. The second-order valence-corrected chi connectivity index (χ2v) is 6.87.